The Morgan fingerprint density at radius 1 is 1.03 bits per heavy atom. The summed E-state index contributed by atoms with van der Waals surface area (Å²) in [5.41, 5.74) is 1.15. The highest BCUT2D eigenvalue weighted by atomic mass is 19.1. The standard InChI is InChI=1S/C21H23F2N5O3/c22-15-4-5-20(19(23)12-15)27-7-6-16(14-27)24-21(29)26-10-8-25(9-11-26)17-2-1-3-18(13-17)28(30)31/h1-5,12-13,16H,6-11,14H2,(H,24,29). The van der Waals surface area contributed by atoms with E-state index in [1.807, 2.05) is 11.0 Å². The minimum absolute atomic E-state index is 0.0426. The number of non-ortho nitro benzene ring substituents is 1. The van der Waals surface area contributed by atoms with Crippen LogP contribution in [0.15, 0.2) is 42.5 Å². The number of piperazine rings is 1. The molecule has 1 N–H and O–H groups in total. The van der Waals surface area contributed by atoms with Gasteiger partial charge in [-0.1, -0.05) is 6.07 Å². The molecule has 2 aromatic carbocycles. The molecule has 4 rings (SSSR count). The summed E-state index contributed by atoms with van der Waals surface area (Å²) in [5.74, 6) is -1.22. The Labute approximate surface area is 178 Å². The average molecular weight is 431 g/mol. The first-order chi connectivity index (χ1) is 14.9. The van der Waals surface area contributed by atoms with Gasteiger partial charge in [0.1, 0.15) is 11.6 Å². The van der Waals surface area contributed by atoms with Crippen molar-refractivity contribution in [3.63, 3.8) is 0 Å². The molecule has 0 aromatic heterocycles. The maximum atomic E-state index is 14.0. The molecule has 2 saturated heterocycles. The van der Waals surface area contributed by atoms with Gasteiger partial charge in [0.2, 0.25) is 0 Å². The molecule has 31 heavy (non-hydrogen) atoms. The molecule has 0 saturated carbocycles. The fraction of sp³-hybridized carbons (Fsp3) is 0.381. The van der Waals surface area contributed by atoms with Crippen LogP contribution in [0, 0.1) is 21.7 Å². The lowest BCUT2D eigenvalue weighted by molar-refractivity contribution is -0.384. The van der Waals surface area contributed by atoms with Gasteiger partial charge in [-0.15, -0.1) is 0 Å². The SMILES string of the molecule is O=C(NC1CCN(c2ccc(F)cc2F)C1)N1CCN(c2cccc([N+](=O)[O-])c2)CC1. The van der Waals surface area contributed by atoms with Crippen molar-refractivity contribution in [3.8, 4) is 0 Å². The average Bonchev–Trinajstić information content (AvgIpc) is 3.22. The number of urea groups is 1. The number of hydrogen-bond donors (Lipinski definition) is 1. The van der Waals surface area contributed by atoms with Crippen molar-refractivity contribution < 1.29 is 18.5 Å². The van der Waals surface area contributed by atoms with Crippen molar-refractivity contribution in [1.82, 2.24) is 10.2 Å². The second-order valence-corrected chi connectivity index (χ2v) is 7.73. The quantitative estimate of drug-likeness (QED) is 0.595. The van der Waals surface area contributed by atoms with Gasteiger partial charge in [-0.2, -0.15) is 0 Å². The van der Waals surface area contributed by atoms with Gasteiger partial charge in [0, 0.05) is 69.2 Å². The number of nitro groups is 1. The van der Waals surface area contributed by atoms with Gasteiger partial charge in [-0.05, 0) is 24.6 Å². The van der Waals surface area contributed by atoms with E-state index in [4.69, 9.17) is 0 Å². The van der Waals surface area contributed by atoms with Crippen molar-refractivity contribution in [2.75, 3.05) is 49.1 Å². The molecule has 0 spiro atoms. The number of halogens is 2. The maximum Gasteiger partial charge on any atom is 0.317 e. The van der Waals surface area contributed by atoms with E-state index in [0.717, 1.165) is 11.8 Å². The zero-order chi connectivity index (χ0) is 22.0. The highest BCUT2D eigenvalue weighted by molar-refractivity contribution is 5.75. The summed E-state index contributed by atoms with van der Waals surface area (Å²) >= 11 is 0. The third-order valence-electron chi connectivity index (χ3n) is 5.74. The van der Waals surface area contributed by atoms with Crippen LogP contribution in [0.4, 0.5) is 30.6 Å². The molecule has 8 nitrogen and oxygen atoms in total. The molecule has 0 bridgehead atoms. The Morgan fingerprint density at radius 3 is 2.52 bits per heavy atom. The van der Waals surface area contributed by atoms with Crippen LogP contribution >= 0.6 is 0 Å². The third kappa shape index (κ3) is 4.68. The fourth-order valence-electron chi connectivity index (χ4n) is 4.07. The molecule has 2 amide bonds. The van der Waals surface area contributed by atoms with Crippen molar-refractivity contribution in [2.24, 2.45) is 0 Å². The monoisotopic (exact) mass is 431 g/mol. The number of carbonyl (C=O) groups excluding carboxylic acids is 1. The fourth-order valence-corrected chi connectivity index (χ4v) is 4.07. The first-order valence-corrected chi connectivity index (χ1v) is 10.2. The predicted molar refractivity (Wildman–Crippen MR) is 112 cm³/mol. The summed E-state index contributed by atoms with van der Waals surface area (Å²) in [4.78, 5) is 28.8. The molecule has 2 aliphatic heterocycles. The Hall–Kier alpha value is -3.43. The van der Waals surface area contributed by atoms with Crippen LogP contribution in [-0.2, 0) is 0 Å². The van der Waals surface area contributed by atoms with Crippen molar-refractivity contribution in [2.45, 2.75) is 12.5 Å². The third-order valence-corrected chi connectivity index (χ3v) is 5.74. The summed E-state index contributed by atoms with van der Waals surface area (Å²) in [6, 6.07) is 9.69. The van der Waals surface area contributed by atoms with Gasteiger partial charge >= 0.3 is 6.03 Å². The first-order valence-electron chi connectivity index (χ1n) is 10.2. The molecule has 2 aromatic rings. The number of carbonyl (C=O) groups is 1. The summed E-state index contributed by atoms with van der Waals surface area (Å²) < 4.78 is 27.1. The zero-order valence-electron chi connectivity index (χ0n) is 16.8. The minimum atomic E-state index is -0.616. The maximum absolute atomic E-state index is 14.0. The Bertz CT molecular complexity index is 981. The largest absolute Gasteiger partial charge is 0.368 e. The van der Waals surface area contributed by atoms with Gasteiger partial charge in [0.05, 0.1) is 10.6 Å². The molecule has 1 atom stereocenters. The molecule has 0 radical (unpaired) electrons. The van der Waals surface area contributed by atoms with Gasteiger partial charge in [-0.25, -0.2) is 13.6 Å². The van der Waals surface area contributed by atoms with E-state index in [0.29, 0.717) is 51.4 Å². The molecule has 10 heteroatoms. The lowest BCUT2D eigenvalue weighted by Gasteiger charge is -2.36. The van der Waals surface area contributed by atoms with Crippen LogP contribution in [0.2, 0.25) is 0 Å². The summed E-state index contributed by atoms with van der Waals surface area (Å²) in [7, 11) is 0. The number of anilines is 2. The number of rotatable bonds is 4. The number of hydrogen-bond acceptors (Lipinski definition) is 5. The first kappa shape index (κ1) is 20.8. The summed E-state index contributed by atoms with van der Waals surface area (Å²) in [5, 5.41) is 14.0. The van der Waals surface area contributed by atoms with E-state index >= 15 is 0 Å². The van der Waals surface area contributed by atoms with E-state index in [1.165, 1.54) is 24.3 Å². The number of benzene rings is 2. The Balaban J connectivity index is 1.29. The lowest BCUT2D eigenvalue weighted by Crippen LogP contribution is -2.53. The minimum Gasteiger partial charge on any atom is -0.368 e. The number of nitrogens with zero attached hydrogens (tertiary/aromatic N) is 4. The highest BCUT2D eigenvalue weighted by Crippen LogP contribution is 2.25. The number of amides is 2. The van der Waals surface area contributed by atoms with Crippen LogP contribution in [0.3, 0.4) is 0 Å². The van der Waals surface area contributed by atoms with Crippen molar-refractivity contribution in [3.05, 3.63) is 64.2 Å². The number of nitro benzene ring substituents is 1. The molecule has 1 unspecified atom stereocenters. The lowest BCUT2D eigenvalue weighted by atomic mass is 10.2. The van der Waals surface area contributed by atoms with Gasteiger partial charge in [0.15, 0.2) is 0 Å². The van der Waals surface area contributed by atoms with E-state index in [2.05, 4.69) is 5.32 Å². The molecule has 0 aliphatic carbocycles. The number of nitrogens with one attached hydrogen (secondary N) is 1. The highest BCUT2D eigenvalue weighted by Gasteiger charge is 2.29. The van der Waals surface area contributed by atoms with E-state index in [-0.39, 0.29) is 17.8 Å². The smallest absolute Gasteiger partial charge is 0.317 e. The molecule has 2 heterocycles. The topological polar surface area (TPSA) is 82.0 Å². The van der Waals surface area contributed by atoms with Crippen LogP contribution in [0.5, 0.6) is 0 Å². The van der Waals surface area contributed by atoms with Gasteiger partial charge < -0.3 is 20.0 Å². The molecular weight excluding hydrogens is 408 g/mol. The van der Waals surface area contributed by atoms with E-state index in [9.17, 15) is 23.7 Å². The van der Waals surface area contributed by atoms with E-state index < -0.39 is 16.6 Å². The van der Waals surface area contributed by atoms with Crippen LogP contribution in [0.25, 0.3) is 0 Å². The molecule has 2 aliphatic rings. The summed E-state index contributed by atoms with van der Waals surface area (Å²) in [6.45, 7) is 3.18. The Kier molecular flexibility index (Phi) is 5.88. The molecular formula is C21H23F2N5O3. The van der Waals surface area contributed by atoms with Gasteiger partial charge in [-0.3, -0.25) is 10.1 Å². The van der Waals surface area contributed by atoms with E-state index in [1.54, 1.807) is 15.9 Å². The molecule has 2 fully saturated rings. The van der Waals surface area contributed by atoms with Crippen LogP contribution in [0.1, 0.15) is 6.42 Å². The van der Waals surface area contributed by atoms with Crippen molar-refractivity contribution >= 4 is 23.1 Å². The molecule has 164 valence electrons. The van der Waals surface area contributed by atoms with Crippen LogP contribution < -0.4 is 15.1 Å². The zero-order valence-corrected chi connectivity index (χ0v) is 16.8. The van der Waals surface area contributed by atoms with Gasteiger partial charge in [0.25, 0.3) is 5.69 Å². The normalized spacial score (nSPS) is 18.9. The Morgan fingerprint density at radius 2 is 1.81 bits per heavy atom. The summed E-state index contributed by atoms with van der Waals surface area (Å²) in [6.07, 6.45) is 0.677. The predicted octanol–water partition coefficient (Wildman–Crippen LogP) is 2.98. The second-order valence-electron chi connectivity index (χ2n) is 7.73. The van der Waals surface area contributed by atoms with Crippen LogP contribution in [-0.4, -0.2) is 61.2 Å². The van der Waals surface area contributed by atoms with Crippen molar-refractivity contribution in [1.29, 1.82) is 0 Å². The second kappa shape index (κ2) is 8.75.